The van der Waals surface area contributed by atoms with E-state index in [0.29, 0.717) is 36.0 Å². The second-order valence-electron chi connectivity index (χ2n) is 7.02. The molecule has 1 aromatic carbocycles. The molecule has 0 atom stereocenters. The average molecular weight is 427 g/mol. The number of carbonyl (C=O) groups excluding carboxylic acids is 1. The van der Waals surface area contributed by atoms with Crippen LogP contribution in [0.25, 0.3) is 5.78 Å². The first kappa shape index (κ1) is 20.0. The Morgan fingerprint density at radius 3 is 2.87 bits per heavy atom. The molecule has 4 rings (SSSR count). The maximum Gasteiger partial charge on any atom is 0.262 e. The van der Waals surface area contributed by atoms with Gasteiger partial charge in [0.25, 0.3) is 15.8 Å². The van der Waals surface area contributed by atoms with Crippen LogP contribution in [0.5, 0.6) is 0 Å². The average Bonchev–Trinajstić information content (AvgIpc) is 3.37. The molecule has 0 fully saturated rings. The molecule has 156 valence electrons. The molecule has 2 N–H and O–H groups in total. The first-order chi connectivity index (χ1) is 14.3. The highest BCUT2D eigenvalue weighted by atomic mass is 32.2. The van der Waals surface area contributed by atoms with E-state index >= 15 is 0 Å². The van der Waals surface area contributed by atoms with Crippen molar-refractivity contribution >= 4 is 33.2 Å². The van der Waals surface area contributed by atoms with Gasteiger partial charge < -0.3 is 5.32 Å². The van der Waals surface area contributed by atoms with Gasteiger partial charge >= 0.3 is 0 Å². The standard InChI is InChI=1S/C19H21N7O3S/c1-12-16(13(2)26-19(23-12)21-11-22-26)10-18(27)24-14-5-3-6-15(9-14)30(28,29)25-17-7-4-8-20-17/h3,5-6,9,11H,4,7-8,10H2,1-2H3,(H,20,25)(H,24,27). The van der Waals surface area contributed by atoms with Gasteiger partial charge in [0.05, 0.1) is 11.3 Å². The fraction of sp³-hybridized carbons (Fsp3) is 0.316. The third kappa shape index (κ3) is 4.01. The summed E-state index contributed by atoms with van der Waals surface area (Å²) in [6.07, 6.45) is 2.93. The zero-order valence-electron chi connectivity index (χ0n) is 16.6. The molecule has 11 heteroatoms. The summed E-state index contributed by atoms with van der Waals surface area (Å²) in [7, 11) is -3.75. The summed E-state index contributed by atoms with van der Waals surface area (Å²) in [5.41, 5.74) is 2.61. The minimum atomic E-state index is -3.75. The van der Waals surface area contributed by atoms with Gasteiger partial charge in [-0.05, 0) is 38.5 Å². The van der Waals surface area contributed by atoms with Crippen molar-refractivity contribution in [3.05, 3.63) is 47.5 Å². The number of fused-ring (bicyclic) bond motifs is 1. The highest BCUT2D eigenvalue weighted by molar-refractivity contribution is 7.90. The van der Waals surface area contributed by atoms with E-state index in [4.69, 9.17) is 0 Å². The maximum absolute atomic E-state index is 12.6. The summed E-state index contributed by atoms with van der Waals surface area (Å²) in [5.74, 6) is 0.656. The number of amides is 1. The van der Waals surface area contributed by atoms with Crippen LogP contribution < -0.4 is 10.0 Å². The van der Waals surface area contributed by atoms with Crippen molar-refractivity contribution in [2.75, 3.05) is 11.9 Å². The van der Waals surface area contributed by atoms with E-state index in [1.165, 1.54) is 18.5 Å². The Balaban J connectivity index is 1.51. The lowest BCUT2D eigenvalue weighted by Gasteiger charge is -2.12. The van der Waals surface area contributed by atoms with E-state index in [0.717, 1.165) is 17.7 Å². The zero-order valence-corrected chi connectivity index (χ0v) is 17.4. The first-order valence-electron chi connectivity index (χ1n) is 9.45. The molecule has 0 radical (unpaired) electrons. The fourth-order valence-corrected chi connectivity index (χ4v) is 4.49. The number of aromatic nitrogens is 4. The number of amidine groups is 1. The van der Waals surface area contributed by atoms with E-state index in [1.54, 1.807) is 16.6 Å². The Morgan fingerprint density at radius 2 is 2.10 bits per heavy atom. The summed E-state index contributed by atoms with van der Waals surface area (Å²) in [6, 6.07) is 6.13. The molecule has 0 spiro atoms. The minimum Gasteiger partial charge on any atom is -0.326 e. The lowest BCUT2D eigenvalue weighted by atomic mass is 10.1. The van der Waals surface area contributed by atoms with Crippen LogP contribution in [0.15, 0.2) is 40.5 Å². The van der Waals surface area contributed by atoms with Crippen LogP contribution >= 0.6 is 0 Å². The highest BCUT2D eigenvalue weighted by Gasteiger charge is 2.19. The van der Waals surface area contributed by atoms with Crippen LogP contribution in [0, 0.1) is 13.8 Å². The summed E-state index contributed by atoms with van der Waals surface area (Å²) in [5, 5.41) is 6.88. The van der Waals surface area contributed by atoms with Crippen molar-refractivity contribution in [1.82, 2.24) is 24.3 Å². The molecule has 0 saturated carbocycles. The normalized spacial score (nSPS) is 14.0. The van der Waals surface area contributed by atoms with Gasteiger partial charge in [0.1, 0.15) is 12.2 Å². The Morgan fingerprint density at radius 1 is 1.27 bits per heavy atom. The number of hydrogen-bond donors (Lipinski definition) is 2. The number of sulfonamides is 1. The summed E-state index contributed by atoms with van der Waals surface area (Å²) < 4.78 is 29.2. The van der Waals surface area contributed by atoms with Crippen LogP contribution in [0.1, 0.15) is 29.8 Å². The number of aryl methyl sites for hydroxylation is 2. The van der Waals surface area contributed by atoms with E-state index in [1.807, 2.05) is 13.8 Å². The van der Waals surface area contributed by atoms with Gasteiger partial charge in [0.2, 0.25) is 5.91 Å². The molecule has 2 aromatic heterocycles. The predicted molar refractivity (Wildman–Crippen MR) is 111 cm³/mol. The SMILES string of the molecule is Cc1nc2ncnn2c(C)c1CC(=O)Nc1cccc(S(=O)(=O)NC2=NCCC2)c1. The van der Waals surface area contributed by atoms with Crippen LogP contribution in [0.4, 0.5) is 5.69 Å². The maximum atomic E-state index is 12.6. The van der Waals surface area contributed by atoms with E-state index in [-0.39, 0.29) is 17.2 Å². The Bertz CT molecular complexity index is 1260. The lowest BCUT2D eigenvalue weighted by Crippen LogP contribution is -2.29. The van der Waals surface area contributed by atoms with Crippen molar-refractivity contribution in [2.24, 2.45) is 4.99 Å². The first-order valence-corrected chi connectivity index (χ1v) is 10.9. The molecule has 3 aromatic rings. The number of carbonyl (C=O) groups is 1. The smallest absolute Gasteiger partial charge is 0.262 e. The molecule has 3 heterocycles. The second kappa shape index (κ2) is 7.82. The van der Waals surface area contributed by atoms with Crippen LogP contribution in [0.3, 0.4) is 0 Å². The predicted octanol–water partition coefficient (Wildman–Crippen LogP) is 1.39. The Kier molecular flexibility index (Phi) is 5.20. The minimum absolute atomic E-state index is 0.0629. The largest absolute Gasteiger partial charge is 0.326 e. The van der Waals surface area contributed by atoms with E-state index in [2.05, 4.69) is 30.1 Å². The van der Waals surface area contributed by atoms with Crippen LogP contribution in [-0.4, -0.2) is 46.3 Å². The number of nitrogens with one attached hydrogen (secondary N) is 2. The number of nitrogens with zero attached hydrogens (tertiary/aromatic N) is 5. The Labute approximate surface area is 173 Å². The molecule has 0 saturated heterocycles. The monoisotopic (exact) mass is 427 g/mol. The van der Waals surface area contributed by atoms with Gasteiger partial charge in [0, 0.05) is 35.6 Å². The molecule has 1 aliphatic rings. The molecule has 10 nitrogen and oxygen atoms in total. The lowest BCUT2D eigenvalue weighted by molar-refractivity contribution is -0.115. The zero-order chi connectivity index (χ0) is 21.3. The van der Waals surface area contributed by atoms with Gasteiger partial charge in [0.15, 0.2) is 0 Å². The van der Waals surface area contributed by atoms with Crippen molar-refractivity contribution in [2.45, 2.75) is 38.0 Å². The Hall–Kier alpha value is -3.34. The van der Waals surface area contributed by atoms with Gasteiger partial charge in [-0.1, -0.05) is 6.07 Å². The highest BCUT2D eigenvalue weighted by Crippen LogP contribution is 2.18. The second-order valence-corrected chi connectivity index (χ2v) is 8.71. The van der Waals surface area contributed by atoms with Gasteiger partial charge in [-0.2, -0.15) is 10.1 Å². The summed E-state index contributed by atoms with van der Waals surface area (Å²) >= 11 is 0. The number of anilines is 1. The summed E-state index contributed by atoms with van der Waals surface area (Å²) in [6.45, 7) is 4.29. The molecular weight excluding hydrogens is 406 g/mol. The van der Waals surface area contributed by atoms with Crippen molar-refractivity contribution in [1.29, 1.82) is 0 Å². The van der Waals surface area contributed by atoms with E-state index in [9.17, 15) is 13.2 Å². The number of hydrogen-bond acceptors (Lipinski definition) is 7. The third-order valence-electron chi connectivity index (χ3n) is 4.88. The molecule has 1 amide bonds. The third-order valence-corrected chi connectivity index (χ3v) is 6.26. The molecule has 0 bridgehead atoms. The van der Waals surface area contributed by atoms with Crippen molar-refractivity contribution in [3.63, 3.8) is 0 Å². The number of benzene rings is 1. The molecule has 0 aliphatic carbocycles. The molecular formula is C19H21N7O3S. The molecule has 30 heavy (non-hydrogen) atoms. The van der Waals surface area contributed by atoms with Crippen molar-refractivity contribution in [3.8, 4) is 0 Å². The van der Waals surface area contributed by atoms with E-state index < -0.39 is 10.0 Å². The van der Waals surface area contributed by atoms with Crippen molar-refractivity contribution < 1.29 is 13.2 Å². The van der Waals surface area contributed by atoms with Gasteiger partial charge in [-0.3, -0.25) is 14.5 Å². The van der Waals surface area contributed by atoms with Gasteiger partial charge in [-0.25, -0.2) is 17.9 Å². The number of aliphatic imine (C=N–C) groups is 1. The number of rotatable bonds is 5. The summed E-state index contributed by atoms with van der Waals surface area (Å²) in [4.78, 5) is 25.3. The van der Waals surface area contributed by atoms with Gasteiger partial charge in [-0.15, -0.1) is 0 Å². The molecule has 0 unspecified atom stereocenters. The quantitative estimate of drug-likeness (QED) is 0.633. The fourth-order valence-electron chi connectivity index (χ4n) is 3.35. The van der Waals surface area contributed by atoms with Crippen LogP contribution in [0.2, 0.25) is 0 Å². The topological polar surface area (TPSA) is 131 Å². The van der Waals surface area contributed by atoms with Crippen LogP contribution in [-0.2, 0) is 21.2 Å². The molecule has 1 aliphatic heterocycles.